The fourth-order valence-corrected chi connectivity index (χ4v) is 9.14. The maximum atomic E-state index is 12.1. The maximum Gasteiger partial charge on any atom is 0.369 e. The molecule has 0 amide bonds. The van der Waals surface area contributed by atoms with E-state index < -0.39 is 17.9 Å². The van der Waals surface area contributed by atoms with E-state index >= 15 is 0 Å². The van der Waals surface area contributed by atoms with Crippen LogP contribution in [-0.2, 0) is 9.53 Å². The molecule has 4 aliphatic carbocycles. The average molecular weight is 437 g/mol. The second kappa shape index (κ2) is 8.29. The van der Waals surface area contributed by atoms with Gasteiger partial charge in [0.15, 0.2) is 0 Å². The molecule has 0 radical (unpaired) electrons. The van der Waals surface area contributed by atoms with Gasteiger partial charge in [0.25, 0.3) is 5.79 Å². The number of aliphatic hydroxyl groups is 3. The molecule has 0 aromatic carbocycles. The van der Waals surface area contributed by atoms with E-state index in [9.17, 15) is 20.1 Å². The van der Waals surface area contributed by atoms with Gasteiger partial charge in [-0.15, -0.1) is 0 Å². The molecule has 5 nitrogen and oxygen atoms in total. The minimum atomic E-state index is -2.85. The maximum absolute atomic E-state index is 12.1. The largest absolute Gasteiger partial charge is 0.462 e. The highest BCUT2D eigenvalue weighted by Gasteiger charge is 2.61. The first-order chi connectivity index (χ1) is 14.6. The topological polar surface area (TPSA) is 87.0 Å². The standard InChI is InChI=1S/C26H44O5/c1-5-31-23(28)26(29,30)22(27)16(2)19-11-12-20-18-10-9-17-8-6-7-14-24(17,3)21(18)13-15-25(19,20)4/h16-22,27,29-30H,5-15H2,1-4H3/t16?,17-,18-,19+,20-,21-,22?,24-,25+/m0/s1. The third-order valence-electron chi connectivity index (χ3n) is 10.8. The third-order valence-corrected chi connectivity index (χ3v) is 10.8. The fourth-order valence-electron chi connectivity index (χ4n) is 9.14. The molecule has 4 rings (SSSR count). The number of rotatable bonds is 5. The molecule has 0 heterocycles. The van der Waals surface area contributed by atoms with Crippen LogP contribution in [-0.4, -0.2) is 39.8 Å². The van der Waals surface area contributed by atoms with E-state index in [2.05, 4.69) is 13.8 Å². The first kappa shape index (κ1) is 23.5. The molecule has 0 saturated heterocycles. The lowest BCUT2D eigenvalue weighted by molar-refractivity contribution is -0.253. The van der Waals surface area contributed by atoms with E-state index in [0.717, 1.165) is 37.0 Å². The van der Waals surface area contributed by atoms with Gasteiger partial charge in [-0.2, -0.15) is 0 Å². The summed E-state index contributed by atoms with van der Waals surface area (Å²) >= 11 is 0. The van der Waals surface area contributed by atoms with Crippen molar-refractivity contribution in [2.24, 2.45) is 46.3 Å². The Morgan fingerprint density at radius 1 is 1.00 bits per heavy atom. The number of ether oxygens (including phenoxy) is 1. The zero-order valence-corrected chi connectivity index (χ0v) is 20.0. The molecular weight excluding hydrogens is 392 g/mol. The van der Waals surface area contributed by atoms with Gasteiger partial charge in [-0.05, 0) is 105 Å². The molecule has 0 aromatic heterocycles. The second-order valence-electron chi connectivity index (χ2n) is 11.9. The second-order valence-corrected chi connectivity index (χ2v) is 11.9. The number of hydrogen-bond acceptors (Lipinski definition) is 5. The summed E-state index contributed by atoms with van der Waals surface area (Å²) in [5.74, 6) is -1.09. The number of aliphatic hydroxyl groups excluding tert-OH is 1. The van der Waals surface area contributed by atoms with Crippen LogP contribution in [0.25, 0.3) is 0 Å². The van der Waals surface area contributed by atoms with Gasteiger partial charge in [0, 0.05) is 0 Å². The minimum Gasteiger partial charge on any atom is -0.462 e. The van der Waals surface area contributed by atoms with Crippen molar-refractivity contribution in [1.29, 1.82) is 0 Å². The Bertz CT molecular complexity index is 677. The molecule has 5 heteroatoms. The Morgan fingerprint density at radius 2 is 1.71 bits per heavy atom. The predicted molar refractivity (Wildman–Crippen MR) is 119 cm³/mol. The Hall–Kier alpha value is -0.650. The van der Waals surface area contributed by atoms with Gasteiger partial charge in [0.05, 0.1) is 6.61 Å². The monoisotopic (exact) mass is 436 g/mol. The van der Waals surface area contributed by atoms with Gasteiger partial charge >= 0.3 is 5.97 Å². The molecule has 0 aromatic rings. The molecule has 2 unspecified atom stereocenters. The van der Waals surface area contributed by atoms with E-state index in [4.69, 9.17) is 4.74 Å². The van der Waals surface area contributed by atoms with E-state index in [1.165, 1.54) is 44.9 Å². The van der Waals surface area contributed by atoms with Crippen LogP contribution in [0.1, 0.15) is 91.9 Å². The first-order valence-electron chi connectivity index (χ1n) is 12.9. The van der Waals surface area contributed by atoms with Crippen molar-refractivity contribution in [3.63, 3.8) is 0 Å². The molecule has 4 fully saturated rings. The summed E-state index contributed by atoms with van der Waals surface area (Å²) in [4.78, 5) is 12.1. The summed E-state index contributed by atoms with van der Waals surface area (Å²) in [6.07, 6.45) is 11.3. The first-order valence-corrected chi connectivity index (χ1v) is 12.9. The Labute approximate surface area is 187 Å². The fraction of sp³-hybridized carbons (Fsp3) is 0.962. The van der Waals surface area contributed by atoms with E-state index in [0.29, 0.717) is 11.3 Å². The summed E-state index contributed by atoms with van der Waals surface area (Å²) in [6, 6.07) is 0. The smallest absolute Gasteiger partial charge is 0.369 e. The van der Waals surface area contributed by atoms with Crippen LogP contribution >= 0.6 is 0 Å². The Kier molecular flexibility index (Phi) is 6.28. The minimum absolute atomic E-state index is 0.0504. The van der Waals surface area contributed by atoms with E-state index in [-0.39, 0.29) is 23.9 Å². The van der Waals surface area contributed by atoms with Gasteiger partial charge < -0.3 is 20.1 Å². The Morgan fingerprint density at radius 3 is 2.42 bits per heavy atom. The van der Waals surface area contributed by atoms with Crippen LogP contribution in [0.5, 0.6) is 0 Å². The number of esters is 1. The lowest BCUT2D eigenvalue weighted by atomic mass is 9.44. The molecule has 3 N–H and O–H groups in total. The van der Waals surface area contributed by atoms with Crippen LogP contribution < -0.4 is 0 Å². The number of carbonyl (C=O) groups is 1. The van der Waals surface area contributed by atoms with Crippen LogP contribution in [0.3, 0.4) is 0 Å². The highest BCUT2D eigenvalue weighted by molar-refractivity contribution is 5.78. The zero-order chi connectivity index (χ0) is 22.6. The van der Waals surface area contributed by atoms with Crippen molar-refractivity contribution < 1.29 is 24.9 Å². The van der Waals surface area contributed by atoms with E-state index in [1.54, 1.807) is 6.92 Å². The average Bonchev–Trinajstić information content (AvgIpc) is 3.09. The molecule has 9 atom stereocenters. The SMILES string of the molecule is CCOC(=O)C(O)(O)C(O)C(C)[C@H]1CC[C@H]2[C@@H]3CC[C@@H]4CCCC[C@]4(C)[C@H]3CC[C@]12C. The van der Waals surface area contributed by atoms with Crippen LogP contribution in [0.2, 0.25) is 0 Å². The van der Waals surface area contributed by atoms with Gasteiger partial charge in [-0.25, -0.2) is 4.79 Å². The van der Waals surface area contributed by atoms with Crippen LogP contribution in [0, 0.1) is 46.3 Å². The normalized spacial score (nSPS) is 44.5. The number of fused-ring (bicyclic) bond motifs is 5. The summed E-state index contributed by atoms with van der Waals surface area (Å²) in [7, 11) is 0. The lowest BCUT2D eigenvalue weighted by Crippen LogP contribution is -2.57. The van der Waals surface area contributed by atoms with Crippen molar-refractivity contribution in [2.75, 3.05) is 6.61 Å². The summed E-state index contributed by atoms with van der Waals surface area (Å²) in [5, 5.41) is 31.6. The summed E-state index contributed by atoms with van der Waals surface area (Å²) in [5.41, 5.74) is 0.588. The molecule has 178 valence electrons. The lowest BCUT2D eigenvalue weighted by Gasteiger charge is -2.61. The van der Waals surface area contributed by atoms with Gasteiger partial charge in [-0.1, -0.05) is 33.6 Å². The molecule has 31 heavy (non-hydrogen) atoms. The number of carbonyl (C=O) groups excluding carboxylic acids is 1. The molecular formula is C26H44O5. The molecule has 0 aliphatic heterocycles. The predicted octanol–water partition coefficient (Wildman–Crippen LogP) is 4.28. The molecule has 0 spiro atoms. The van der Waals surface area contributed by atoms with Gasteiger partial charge in [0.2, 0.25) is 0 Å². The Balaban J connectivity index is 1.53. The van der Waals surface area contributed by atoms with Crippen molar-refractivity contribution >= 4 is 5.97 Å². The highest BCUT2D eigenvalue weighted by Crippen LogP contribution is 2.68. The van der Waals surface area contributed by atoms with Crippen molar-refractivity contribution in [1.82, 2.24) is 0 Å². The highest BCUT2D eigenvalue weighted by atomic mass is 16.6. The summed E-state index contributed by atoms with van der Waals surface area (Å²) in [6.45, 7) is 8.52. The van der Waals surface area contributed by atoms with Crippen LogP contribution in [0.15, 0.2) is 0 Å². The molecule has 4 aliphatic rings. The molecule has 0 bridgehead atoms. The number of hydrogen-bond donors (Lipinski definition) is 3. The quantitative estimate of drug-likeness (QED) is 0.442. The summed E-state index contributed by atoms with van der Waals surface area (Å²) < 4.78 is 4.81. The van der Waals surface area contributed by atoms with Crippen molar-refractivity contribution in [3.05, 3.63) is 0 Å². The van der Waals surface area contributed by atoms with Gasteiger partial charge in [0.1, 0.15) is 6.10 Å². The zero-order valence-electron chi connectivity index (χ0n) is 20.0. The van der Waals surface area contributed by atoms with Crippen molar-refractivity contribution in [3.8, 4) is 0 Å². The molecule has 4 saturated carbocycles. The van der Waals surface area contributed by atoms with Crippen molar-refractivity contribution in [2.45, 2.75) is 104 Å². The van der Waals surface area contributed by atoms with E-state index in [1.807, 2.05) is 6.92 Å². The van der Waals surface area contributed by atoms with Crippen LogP contribution in [0.4, 0.5) is 0 Å². The van der Waals surface area contributed by atoms with Gasteiger partial charge in [-0.3, -0.25) is 0 Å². The third kappa shape index (κ3) is 3.58.